The van der Waals surface area contributed by atoms with E-state index in [1.807, 2.05) is 6.92 Å². The van der Waals surface area contributed by atoms with Crippen molar-refractivity contribution in [2.45, 2.75) is 27.2 Å². The highest BCUT2D eigenvalue weighted by Crippen LogP contribution is 2.09. The van der Waals surface area contributed by atoms with Gasteiger partial charge in [0.1, 0.15) is 0 Å². The zero-order valence-electron chi connectivity index (χ0n) is 10.3. The maximum absolute atomic E-state index is 11.7. The number of rotatable bonds is 4. The second-order valence-corrected chi connectivity index (χ2v) is 4.83. The molecule has 92 valence electrons. The van der Waals surface area contributed by atoms with Crippen molar-refractivity contribution in [2.24, 2.45) is 11.0 Å². The van der Waals surface area contributed by atoms with Crippen LogP contribution >= 0.6 is 11.6 Å². The molecule has 0 aromatic heterocycles. The van der Waals surface area contributed by atoms with Crippen molar-refractivity contribution in [3.8, 4) is 0 Å². The highest BCUT2D eigenvalue weighted by molar-refractivity contribution is 6.30. The summed E-state index contributed by atoms with van der Waals surface area (Å²) in [5, 5.41) is 4.66. The molecule has 0 aliphatic carbocycles. The van der Waals surface area contributed by atoms with Crippen molar-refractivity contribution in [3.05, 3.63) is 34.9 Å². The van der Waals surface area contributed by atoms with Gasteiger partial charge in [-0.1, -0.05) is 25.4 Å². The van der Waals surface area contributed by atoms with Crippen LogP contribution in [0.25, 0.3) is 0 Å². The fourth-order valence-corrected chi connectivity index (χ4v) is 1.57. The van der Waals surface area contributed by atoms with Crippen molar-refractivity contribution in [1.29, 1.82) is 0 Å². The highest BCUT2D eigenvalue weighted by atomic mass is 35.5. The van der Waals surface area contributed by atoms with Crippen LogP contribution in [0.5, 0.6) is 0 Å². The van der Waals surface area contributed by atoms with Crippen LogP contribution in [0.4, 0.5) is 0 Å². The summed E-state index contributed by atoms with van der Waals surface area (Å²) in [6.45, 7) is 6.13. The first-order valence-corrected chi connectivity index (χ1v) is 5.96. The molecule has 1 aromatic carbocycles. The van der Waals surface area contributed by atoms with Gasteiger partial charge < -0.3 is 0 Å². The normalized spacial score (nSPS) is 11.7. The molecule has 1 rings (SSSR count). The average Bonchev–Trinajstić information content (AvgIpc) is 2.26. The van der Waals surface area contributed by atoms with Gasteiger partial charge in [0.2, 0.25) is 0 Å². The molecule has 3 nitrogen and oxygen atoms in total. The number of amides is 1. The maximum Gasteiger partial charge on any atom is 0.271 e. The third-order valence-corrected chi connectivity index (χ3v) is 2.41. The molecular weight excluding hydrogens is 236 g/mol. The van der Waals surface area contributed by atoms with Gasteiger partial charge in [0.05, 0.1) is 0 Å². The Morgan fingerprint density at radius 3 is 2.47 bits per heavy atom. The number of nitrogens with zero attached hydrogens (tertiary/aromatic N) is 1. The Hall–Kier alpha value is -1.35. The summed E-state index contributed by atoms with van der Waals surface area (Å²) in [6, 6.07) is 6.71. The number of nitrogens with one attached hydrogen (secondary N) is 1. The summed E-state index contributed by atoms with van der Waals surface area (Å²) in [7, 11) is 0. The van der Waals surface area contributed by atoms with Gasteiger partial charge in [-0.15, -0.1) is 0 Å². The molecule has 0 saturated heterocycles. The third kappa shape index (κ3) is 5.00. The predicted molar refractivity (Wildman–Crippen MR) is 71.5 cm³/mol. The first kappa shape index (κ1) is 13.7. The SMILES string of the molecule is C/C(CC(C)C)=N\NC(=O)c1ccc(Cl)cc1. The molecule has 1 aromatic rings. The fraction of sp³-hybridized carbons (Fsp3) is 0.385. The van der Waals surface area contributed by atoms with E-state index in [0.29, 0.717) is 16.5 Å². The van der Waals surface area contributed by atoms with E-state index < -0.39 is 0 Å². The zero-order valence-corrected chi connectivity index (χ0v) is 11.1. The summed E-state index contributed by atoms with van der Waals surface area (Å²) in [5.41, 5.74) is 4.00. The maximum atomic E-state index is 11.7. The van der Waals surface area contributed by atoms with Crippen molar-refractivity contribution < 1.29 is 4.79 Å². The monoisotopic (exact) mass is 252 g/mol. The highest BCUT2D eigenvalue weighted by Gasteiger charge is 2.04. The van der Waals surface area contributed by atoms with Crippen LogP contribution in [0.15, 0.2) is 29.4 Å². The van der Waals surface area contributed by atoms with Gasteiger partial charge >= 0.3 is 0 Å². The molecule has 0 bridgehead atoms. The first-order chi connectivity index (χ1) is 7.99. The molecule has 1 N–H and O–H groups in total. The Labute approximate surface area is 107 Å². The molecule has 0 radical (unpaired) electrons. The molecule has 0 atom stereocenters. The molecule has 17 heavy (non-hydrogen) atoms. The second-order valence-electron chi connectivity index (χ2n) is 4.39. The summed E-state index contributed by atoms with van der Waals surface area (Å²) < 4.78 is 0. The number of hydrazone groups is 1. The van der Waals surface area contributed by atoms with Gasteiger partial charge in [0.15, 0.2) is 0 Å². The van der Waals surface area contributed by atoms with E-state index in [9.17, 15) is 4.79 Å². The summed E-state index contributed by atoms with van der Waals surface area (Å²) in [5.74, 6) is 0.316. The number of hydrogen-bond donors (Lipinski definition) is 1. The molecule has 1 amide bonds. The van der Waals surface area contributed by atoms with Crippen LogP contribution in [0, 0.1) is 5.92 Å². The van der Waals surface area contributed by atoms with Crippen molar-refractivity contribution >= 4 is 23.2 Å². The van der Waals surface area contributed by atoms with Gasteiger partial charge in [-0.25, -0.2) is 5.43 Å². The molecule has 0 aliphatic rings. The number of carbonyl (C=O) groups is 1. The van der Waals surface area contributed by atoms with E-state index in [2.05, 4.69) is 24.4 Å². The van der Waals surface area contributed by atoms with E-state index in [0.717, 1.165) is 12.1 Å². The van der Waals surface area contributed by atoms with Gasteiger partial charge in [-0.05, 0) is 43.5 Å². The molecule has 0 spiro atoms. The minimum atomic E-state index is -0.218. The summed E-state index contributed by atoms with van der Waals surface area (Å²) in [4.78, 5) is 11.7. The second kappa shape index (κ2) is 6.40. The number of carbonyl (C=O) groups excluding carboxylic acids is 1. The molecular formula is C13H17ClN2O. The predicted octanol–water partition coefficient (Wildman–Crippen LogP) is 3.49. The van der Waals surface area contributed by atoms with Crippen LogP contribution < -0.4 is 5.43 Å². The van der Waals surface area contributed by atoms with Crippen LogP contribution in [-0.2, 0) is 0 Å². The molecule has 0 saturated carbocycles. The van der Waals surface area contributed by atoms with Crippen LogP contribution in [-0.4, -0.2) is 11.6 Å². The lowest BCUT2D eigenvalue weighted by Crippen LogP contribution is -2.19. The van der Waals surface area contributed by atoms with E-state index in [1.165, 1.54) is 0 Å². The fourth-order valence-electron chi connectivity index (χ4n) is 1.45. The van der Waals surface area contributed by atoms with E-state index in [-0.39, 0.29) is 5.91 Å². The van der Waals surface area contributed by atoms with Crippen LogP contribution in [0.1, 0.15) is 37.6 Å². The first-order valence-electron chi connectivity index (χ1n) is 5.58. The molecule has 0 fully saturated rings. The smallest absolute Gasteiger partial charge is 0.267 e. The lowest BCUT2D eigenvalue weighted by Gasteiger charge is -2.05. The molecule has 4 heteroatoms. The Kier molecular flexibility index (Phi) is 5.16. The van der Waals surface area contributed by atoms with Crippen LogP contribution in [0.2, 0.25) is 5.02 Å². The Morgan fingerprint density at radius 1 is 1.35 bits per heavy atom. The Bertz CT molecular complexity index is 410. The zero-order chi connectivity index (χ0) is 12.8. The van der Waals surface area contributed by atoms with Gasteiger partial charge in [-0.3, -0.25) is 4.79 Å². The minimum Gasteiger partial charge on any atom is -0.267 e. The standard InChI is InChI=1S/C13H17ClN2O/c1-9(2)8-10(3)15-16-13(17)11-4-6-12(14)7-5-11/h4-7,9H,8H2,1-3H3,(H,16,17)/b15-10+. The average molecular weight is 253 g/mol. The lowest BCUT2D eigenvalue weighted by molar-refractivity contribution is 0.0954. The number of benzene rings is 1. The summed E-state index contributed by atoms with van der Waals surface area (Å²) >= 11 is 5.74. The van der Waals surface area contributed by atoms with Crippen LogP contribution in [0.3, 0.4) is 0 Å². The van der Waals surface area contributed by atoms with Gasteiger partial charge in [-0.2, -0.15) is 5.10 Å². The number of hydrogen-bond acceptors (Lipinski definition) is 2. The van der Waals surface area contributed by atoms with E-state index in [1.54, 1.807) is 24.3 Å². The van der Waals surface area contributed by atoms with Gasteiger partial charge in [0.25, 0.3) is 5.91 Å². The minimum absolute atomic E-state index is 0.218. The topological polar surface area (TPSA) is 41.5 Å². The third-order valence-electron chi connectivity index (χ3n) is 2.16. The van der Waals surface area contributed by atoms with Crippen molar-refractivity contribution in [3.63, 3.8) is 0 Å². The quantitative estimate of drug-likeness (QED) is 0.647. The lowest BCUT2D eigenvalue weighted by atomic mass is 10.1. The number of halogens is 1. The molecule has 0 unspecified atom stereocenters. The summed E-state index contributed by atoms with van der Waals surface area (Å²) in [6.07, 6.45) is 0.876. The van der Waals surface area contributed by atoms with E-state index >= 15 is 0 Å². The van der Waals surface area contributed by atoms with Crippen molar-refractivity contribution in [2.75, 3.05) is 0 Å². The van der Waals surface area contributed by atoms with Gasteiger partial charge in [0, 0.05) is 16.3 Å². The Morgan fingerprint density at radius 2 is 1.94 bits per heavy atom. The van der Waals surface area contributed by atoms with E-state index in [4.69, 9.17) is 11.6 Å². The Balaban J connectivity index is 2.58. The molecule has 0 heterocycles. The van der Waals surface area contributed by atoms with Crippen molar-refractivity contribution in [1.82, 2.24) is 5.43 Å². The molecule has 0 aliphatic heterocycles. The largest absolute Gasteiger partial charge is 0.271 e.